The molecular weight excluding hydrogens is 455 g/mol. The molecule has 0 bridgehead atoms. The molecule has 1 N–H and O–H groups in total. The summed E-state index contributed by atoms with van der Waals surface area (Å²) in [5.41, 5.74) is 0.586. The van der Waals surface area contributed by atoms with Crippen molar-refractivity contribution in [3.05, 3.63) is 55.4 Å². The van der Waals surface area contributed by atoms with Gasteiger partial charge in [0.25, 0.3) is 5.56 Å². The van der Waals surface area contributed by atoms with Gasteiger partial charge >= 0.3 is 5.69 Å². The Hall–Kier alpha value is -2.98. The van der Waals surface area contributed by atoms with Gasteiger partial charge in [0.15, 0.2) is 11.2 Å². The number of fused-ring (bicyclic) bond motifs is 1. The molecule has 0 atom stereocenters. The lowest BCUT2D eigenvalue weighted by molar-refractivity contribution is 0.457. The van der Waals surface area contributed by atoms with Crippen LogP contribution in [-0.4, -0.2) is 39.3 Å². The Balaban J connectivity index is 1.45. The number of nitrogens with zero attached hydrogens (tertiary/aromatic N) is 7. The molecule has 0 aliphatic rings. The van der Waals surface area contributed by atoms with E-state index < -0.39 is 5.56 Å². The van der Waals surface area contributed by atoms with Gasteiger partial charge in [-0.05, 0) is 60.3 Å². The topological polar surface area (TPSA) is 116 Å². The molecule has 1 aromatic carbocycles. The summed E-state index contributed by atoms with van der Waals surface area (Å²) in [5.74, 6) is 0.512. The quantitative estimate of drug-likeness (QED) is 0.293. The molecule has 0 unspecified atom stereocenters. The third-order valence-corrected chi connectivity index (χ3v) is 5.54. The van der Waals surface area contributed by atoms with Gasteiger partial charge in [0, 0.05) is 23.7 Å². The minimum absolute atomic E-state index is 0.0910. The highest BCUT2D eigenvalue weighted by Crippen LogP contribution is 2.17. The van der Waals surface area contributed by atoms with Crippen LogP contribution in [0.4, 0.5) is 0 Å². The second-order valence-corrected chi connectivity index (χ2v) is 8.19. The fraction of sp³-hybridized carbons (Fsp3) is 0.400. The Morgan fingerprint density at radius 2 is 1.69 bits per heavy atom. The van der Waals surface area contributed by atoms with Crippen LogP contribution >= 0.6 is 23.2 Å². The van der Waals surface area contributed by atoms with Gasteiger partial charge in [-0.3, -0.25) is 13.9 Å². The van der Waals surface area contributed by atoms with E-state index in [1.165, 1.54) is 13.9 Å². The maximum absolute atomic E-state index is 12.9. The van der Waals surface area contributed by atoms with Gasteiger partial charge in [-0.25, -0.2) is 4.79 Å². The third-order valence-electron chi connectivity index (χ3n) is 5.11. The summed E-state index contributed by atoms with van der Waals surface area (Å²) in [5, 5.41) is 13.2. The molecule has 4 rings (SSSR count). The minimum Gasteiger partial charge on any atom is -0.323 e. The van der Waals surface area contributed by atoms with Crippen LogP contribution in [0.1, 0.15) is 32.6 Å². The van der Waals surface area contributed by atoms with E-state index in [-0.39, 0.29) is 23.0 Å². The van der Waals surface area contributed by atoms with E-state index in [9.17, 15) is 9.59 Å². The van der Waals surface area contributed by atoms with Gasteiger partial charge < -0.3 is 4.98 Å². The number of aromatic nitrogens is 8. The number of tetrazole rings is 1. The molecule has 32 heavy (non-hydrogen) atoms. The largest absolute Gasteiger partial charge is 0.332 e. The van der Waals surface area contributed by atoms with Crippen LogP contribution in [0, 0.1) is 0 Å². The predicted octanol–water partition coefficient (Wildman–Crippen LogP) is 3.13. The summed E-state index contributed by atoms with van der Waals surface area (Å²) < 4.78 is 2.75. The van der Waals surface area contributed by atoms with Gasteiger partial charge in [0.2, 0.25) is 11.1 Å². The fourth-order valence-electron chi connectivity index (χ4n) is 3.43. The summed E-state index contributed by atoms with van der Waals surface area (Å²) >= 11 is 11.9. The second kappa shape index (κ2) is 9.66. The molecule has 0 spiro atoms. The van der Waals surface area contributed by atoms with Crippen LogP contribution in [-0.2, 0) is 19.6 Å². The molecule has 0 saturated heterocycles. The number of unbranched alkanes of at least 4 members (excludes halogenated alkanes) is 2. The average Bonchev–Trinajstić information content (AvgIpc) is 3.40. The Kier molecular flexibility index (Phi) is 6.71. The van der Waals surface area contributed by atoms with E-state index in [1.807, 2.05) is 19.1 Å². The van der Waals surface area contributed by atoms with Crippen LogP contribution in [0.25, 0.3) is 22.6 Å². The fourth-order valence-corrected chi connectivity index (χ4v) is 3.73. The molecule has 0 amide bonds. The number of hydrogen-bond donors (Lipinski definition) is 1. The highest BCUT2D eigenvalue weighted by Gasteiger charge is 2.16. The minimum atomic E-state index is -0.416. The molecule has 168 valence electrons. The van der Waals surface area contributed by atoms with Gasteiger partial charge in [-0.2, -0.15) is 9.78 Å². The Labute approximate surface area is 192 Å². The van der Waals surface area contributed by atoms with E-state index in [0.29, 0.717) is 42.4 Å². The monoisotopic (exact) mass is 476 g/mol. The van der Waals surface area contributed by atoms with E-state index in [0.717, 1.165) is 18.4 Å². The number of rotatable bonds is 9. The van der Waals surface area contributed by atoms with Crippen molar-refractivity contribution >= 4 is 34.4 Å². The maximum Gasteiger partial charge on any atom is 0.332 e. The first-order chi connectivity index (χ1) is 15.5. The molecule has 0 aliphatic heterocycles. The van der Waals surface area contributed by atoms with Gasteiger partial charge in [0.1, 0.15) is 0 Å². The molecule has 0 fully saturated rings. The standard InChI is InChI=1S/C20H22Cl2N8O2/c1-2-3-10-28-17-15(23-19(22)24-17)18(31)29(20(28)32)11-4-5-12-30-26-16(25-27-30)13-6-8-14(21)9-7-13/h6-9H,2-5,10-12H2,1H3,(H,23,24). The summed E-state index contributed by atoms with van der Waals surface area (Å²) in [6.07, 6.45) is 2.97. The van der Waals surface area contributed by atoms with Crippen LogP contribution in [0.3, 0.4) is 0 Å². The van der Waals surface area contributed by atoms with Crippen molar-refractivity contribution in [2.24, 2.45) is 0 Å². The van der Waals surface area contributed by atoms with E-state index in [1.54, 1.807) is 12.1 Å². The lowest BCUT2D eigenvalue weighted by Gasteiger charge is -2.10. The van der Waals surface area contributed by atoms with Crippen molar-refractivity contribution in [1.82, 2.24) is 39.3 Å². The number of halogens is 2. The van der Waals surface area contributed by atoms with Crippen molar-refractivity contribution in [2.45, 2.75) is 52.2 Å². The molecular formula is C20H22Cl2N8O2. The second-order valence-electron chi connectivity index (χ2n) is 7.39. The lowest BCUT2D eigenvalue weighted by Crippen LogP contribution is -2.40. The number of benzene rings is 1. The zero-order valence-corrected chi connectivity index (χ0v) is 19.0. The maximum atomic E-state index is 12.9. The SMILES string of the molecule is CCCCn1c(=O)n(CCCCn2nnc(-c3ccc(Cl)cc3)n2)c(=O)c2[nH]c(Cl)nc21. The summed E-state index contributed by atoms with van der Waals surface area (Å²) in [4.78, 5) is 34.2. The smallest absolute Gasteiger partial charge is 0.323 e. The van der Waals surface area contributed by atoms with Crippen LogP contribution < -0.4 is 11.2 Å². The van der Waals surface area contributed by atoms with Crippen LogP contribution in [0.2, 0.25) is 10.3 Å². The van der Waals surface area contributed by atoms with Crippen molar-refractivity contribution < 1.29 is 0 Å². The number of aromatic amines is 1. The van der Waals surface area contributed by atoms with Crippen molar-refractivity contribution in [1.29, 1.82) is 0 Å². The molecule has 0 saturated carbocycles. The number of imidazole rings is 1. The van der Waals surface area contributed by atoms with E-state index >= 15 is 0 Å². The normalized spacial score (nSPS) is 11.5. The molecule has 0 radical (unpaired) electrons. The first-order valence-electron chi connectivity index (χ1n) is 10.4. The molecule has 4 aromatic rings. The molecule has 3 heterocycles. The first-order valence-corrected chi connectivity index (χ1v) is 11.2. The Morgan fingerprint density at radius 3 is 2.44 bits per heavy atom. The molecule has 12 heteroatoms. The molecule has 10 nitrogen and oxygen atoms in total. The molecule has 3 aromatic heterocycles. The van der Waals surface area contributed by atoms with Gasteiger partial charge in [0.05, 0.1) is 6.54 Å². The third kappa shape index (κ3) is 4.61. The highest BCUT2D eigenvalue weighted by atomic mass is 35.5. The van der Waals surface area contributed by atoms with Crippen LogP contribution in [0.5, 0.6) is 0 Å². The Bertz CT molecular complexity index is 1340. The van der Waals surface area contributed by atoms with Crippen molar-refractivity contribution in [2.75, 3.05) is 0 Å². The number of aryl methyl sites for hydroxylation is 2. The zero-order chi connectivity index (χ0) is 22.7. The number of nitrogens with one attached hydrogen (secondary N) is 1. The van der Waals surface area contributed by atoms with Crippen LogP contribution in [0.15, 0.2) is 33.9 Å². The zero-order valence-electron chi connectivity index (χ0n) is 17.5. The van der Waals surface area contributed by atoms with E-state index in [2.05, 4.69) is 25.4 Å². The van der Waals surface area contributed by atoms with E-state index in [4.69, 9.17) is 23.2 Å². The highest BCUT2D eigenvalue weighted by molar-refractivity contribution is 6.30. The van der Waals surface area contributed by atoms with Crippen molar-refractivity contribution in [3.63, 3.8) is 0 Å². The molecule has 0 aliphatic carbocycles. The summed E-state index contributed by atoms with van der Waals surface area (Å²) in [7, 11) is 0. The van der Waals surface area contributed by atoms with Gasteiger partial charge in [-0.15, -0.1) is 10.2 Å². The summed E-state index contributed by atoms with van der Waals surface area (Å²) in [6.45, 7) is 3.29. The van der Waals surface area contributed by atoms with Gasteiger partial charge in [-0.1, -0.05) is 24.9 Å². The number of hydrogen-bond acceptors (Lipinski definition) is 6. The summed E-state index contributed by atoms with van der Waals surface area (Å²) in [6, 6.07) is 7.20. The predicted molar refractivity (Wildman–Crippen MR) is 122 cm³/mol. The Morgan fingerprint density at radius 1 is 0.969 bits per heavy atom. The van der Waals surface area contributed by atoms with Crippen molar-refractivity contribution in [3.8, 4) is 11.4 Å². The lowest BCUT2D eigenvalue weighted by atomic mass is 10.2. The number of H-pyrrole nitrogens is 1. The average molecular weight is 477 g/mol. The first kappa shape index (κ1) is 22.2.